The first-order valence-electron chi connectivity index (χ1n) is 7.74. The molecule has 0 saturated heterocycles. The third-order valence-electron chi connectivity index (χ3n) is 3.92. The molecule has 4 aromatic rings. The third-order valence-corrected chi connectivity index (χ3v) is 4.66. The highest BCUT2D eigenvalue weighted by atomic mass is 35.5. The predicted molar refractivity (Wildman–Crippen MR) is 107 cm³/mol. The summed E-state index contributed by atoms with van der Waals surface area (Å²) in [5, 5.41) is 7.45. The number of anilines is 1. The van der Waals surface area contributed by atoms with Crippen molar-refractivity contribution in [1.29, 1.82) is 0 Å². The first-order valence-corrected chi connectivity index (χ1v) is 8.49. The maximum atomic E-state index is 6.04. The van der Waals surface area contributed by atoms with E-state index in [0.717, 1.165) is 33.1 Å². The Morgan fingerprint density at radius 1 is 0.800 bits per heavy atom. The normalized spacial score (nSPS) is 11.4. The second-order valence-corrected chi connectivity index (χ2v) is 6.38. The zero-order valence-electron chi connectivity index (χ0n) is 13.1. The summed E-state index contributed by atoms with van der Waals surface area (Å²) in [5.74, 6) is 0. The number of hydrazone groups is 1. The molecule has 0 amide bonds. The molecular weight excluding hydrogens is 353 g/mol. The van der Waals surface area contributed by atoms with Crippen LogP contribution in [-0.4, -0.2) is 11.2 Å². The quantitative estimate of drug-likeness (QED) is 0.269. The van der Waals surface area contributed by atoms with E-state index in [4.69, 9.17) is 28.2 Å². The summed E-state index contributed by atoms with van der Waals surface area (Å²) in [7, 11) is 0. The average Bonchev–Trinajstić information content (AvgIpc) is 2.64. The molecule has 3 nitrogen and oxygen atoms in total. The summed E-state index contributed by atoms with van der Waals surface area (Å²) in [4.78, 5) is 4.70. The number of hydrogen-bond donors (Lipinski definition) is 1. The molecule has 122 valence electrons. The molecule has 0 bridgehead atoms. The van der Waals surface area contributed by atoms with Gasteiger partial charge in [-0.2, -0.15) is 5.10 Å². The van der Waals surface area contributed by atoms with Crippen LogP contribution >= 0.6 is 23.2 Å². The molecular formula is C20H13Cl2N3. The van der Waals surface area contributed by atoms with Gasteiger partial charge in [0.1, 0.15) is 0 Å². The number of nitrogens with zero attached hydrogens (tertiary/aromatic N) is 2. The molecule has 0 atom stereocenters. The Bertz CT molecular complexity index is 1050. The fraction of sp³-hybridized carbons (Fsp3) is 0. The van der Waals surface area contributed by atoms with E-state index in [1.165, 1.54) is 0 Å². The van der Waals surface area contributed by atoms with Gasteiger partial charge in [0.05, 0.1) is 33.0 Å². The first-order chi connectivity index (χ1) is 12.2. The maximum absolute atomic E-state index is 6.04. The molecule has 1 N–H and O–H groups in total. The van der Waals surface area contributed by atoms with Gasteiger partial charge in [0.2, 0.25) is 0 Å². The lowest BCUT2D eigenvalue weighted by Gasteiger charge is -2.09. The van der Waals surface area contributed by atoms with E-state index in [2.05, 4.69) is 10.5 Å². The van der Waals surface area contributed by atoms with Gasteiger partial charge in [-0.15, -0.1) is 0 Å². The minimum atomic E-state index is 0.505. The summed E-state index contributed by atoms with van der Waals surface area (Å²) < 4.78 is 0. The van der Waals surface area contributed by atoms with Gasteiger partial charge in [-0.05, 0) is 29.8 Å². The molecule has 0 saturated carbocycles. The van der Waals surface area contributed by atoms with Crippen LogP contribution in [0.1, 0.15) is 5.56 Å². The monoisotopic (exact) mass is 365 g/mol. The zero-order chi connectivity index (χ0) is 17.2. The summed E-state index contributed by atoms with van der Waals surface area (Å²) in [6.07, 6.45) is 1.71. The maximum Gasteiger partial charge on any atom is 0.0749 e. The van der Waals surface area contributed by atoms with Crippen LogP contribution in [0.15, 0.2) is 71.8 Å². The molecule has 0 spiro atoms. The molecule has 0 radical (unpaired) electrons. The van der Waals surface area contributed by atoms with Gasteiger partial charge in [0, 0.05) is 10.8 Å². The van der Waals surface area contributed by atoms with E-state index in [0.29, 0.717) is 10.0 Å². The number of rotatable bonds is 3. The fourth-order valence-electron chi connectivity index (χ4n) is 2.72. The average molecular weight is 366 g/mol. The van der Waals surface area contributed by atoms with Gasteiger partial charge in [-0.3, -0.25) is 5.43 Å². The number of para-hydroxylation sites is 2. The number of pyridine rings is 1. The lowest BCUT2D eigenvalue weighted by atomic mass is 10.1. The first kappa shape index (κ1) is 15.9. The molecule has 0 aliphatic rings. The Kier molecular flexibility index (Phi) is 4.26. The van der Waals surface area contributed by atoms with Crippen LogP contribution in [0.4, 0.5) is 5.69 Å². The fourth-order valence-corrected chi connectivity index (χ4v) is 3.03. The van der Waals surface area contributed by atoms with Gasteiger partial charge in [0.15, 0.2) is 0 Å². The predicted octanol–water partition coefficient (Wildman–Crippen LogP) is 6.14. The van der Waals surface area contributed by atoms with Gasteiger partial charge in [-0.1, -0.05) is 65.7 Å². The van der Waals surface area contributed by atoms with Crippen molar-refractivity contribution in [3.05, 3.63) is 82.3 Å². The Morgan fingerprint density at radius 3 is 2.08 bits per heavy atom. The summed E-state index contributed by atoms with van der Waals surface area (Å²) in [6, 6.07) is 21.4. The van der Waals surface area contributed by atoms with Gasteiger partial charge < -0.3 is 0 Å². The van der Waals surface area contributed by atoms with Crippen molar-refractivity contribution < 1.29 is 0 Å². The largest absolute Gasteiger partial charge is 0.277 e. The number of aromatic nitrogens is 1. The van der Waals surface area contributed by atoms with Crippen LogP contribution in [0.2, 0.25) is 10.0 Å². The lowest BCUT2D eigenvalue weighted by Crippen LogP contribution is -1.95. The molecule has 5 heteroatoms. The van der Waals surface area contributed by atoms with Crippen molar-refractivity contribution >= 4 is 56.9 Å². The molecule has 0 aliphatic carbocycles. The van der Waals surface area contributed by atoms with Crippen molar-refractivity contribution in [1.82, 2.24) is 4.98 Å². The van der Waals surface area contributed by atoms with Gasteiger partial charge in [-0.25, -0.2) is 4.98 Å². The van der Waals surface area contributed by atoms with E-state index >= 15 is 0 Å². The van der Waals surface area contributed by atoms with Crippen LogP contribution in [0.5, 0.6) is 0 Å². The molecule has 4 rings (SSSR count). The van der Waals surface area contributed by atoms with Crippen molar-refractivity contribution in [3.63, 3.8) is 0 Å². The second-order valence-electron chi connectivity index (χ2n) is 5.56. The number of nitrogens with one attached hydrogen (secondary N) is 1. The van der Waals surface area contributed by atoms with Crippen molar-refractivity contribution in [2.75, 3.05) is 5.43 Å². The summed E-state index contributed by atoms with van der Waals surface area (Å²) in [5.41, 5.74) is 6.81. The van der Waals surface area contributed by atoms with Crippen LogP contribution < -0.4 is 5.43 Å². The van der Waals surface area contributed by atoms with E-state index < -0.39 is 0 Å². The van der Waals surface area contributed by atoms with Crippen molar-refractivity contribution in [2.24, 2.45) is 5.10 Å². The molecule has 1 heterocycles. The van der Waals surface area contributed by atoms with Gasteiger partial charge in [0.25, 0.3) is 0 Å². The van der Waals surface area contributed by atoms with E-state index in [1.807, 2.05) is 54.6 Å². The highest BCUT2D eigenvalue weighted by Crippen LogP contribution is 2.30. The molecule has 0 aliphatic heterocycles. The van der Waals surface area contributed by atoms with Crippen LogP contribution in [-0.2, 0) is 0 Å². The van der Waals surface area contributed by atoms with E-state index in [9.17, 15) is 0 Å². The Balaban J connectivity index is 1.76. The molecule has 25 heavy (non-hydrogen) atoms. The topological polar surface area (TPSA) is 37.3 Å². The van der Waals surface area contributed by atoms with Crippen molar-refractivity contribution in [3.8, 4) is 0 Å². The van der Waals surface area contributed by atoms with Gasteiger partial charge >= 0.3 is 0 Å². The number of benzene rings is 3. The number of halogens is 2. The Labute approximate surface area is 154 Å². The summed E-state index contributed by atoms with van der Waals surface area (Å²) >= 11 is 12.0. The number of hydrogen-bond acceptors (Lipinski definition) is 3. The Hall–Kier alpha value is -2.62. The zero-order valence-corrected chi connectivity index (χ0v) is 14.6. The standard InChI is InChI=1S/C20H13Cl2N3/c21-16-10-9-13(11-17(16)22)12-23-25-20-14-5-1-3-7-18(14)24-19-8-4-2-6-15(19)20/h1-12H,(H,24,25)/b23-12-. The minimum Gasteiger partial charge on any atom is -0.277 e. The van der Waals surface area contributed by atoms with Crippen LogP contribution in [0, 0.1) is 0 Å². The highest BCUT2D eigenvalue weighted by molar-refractivity contribution is 6.42. The highest BCUT2D eigenvalue weighted by Gasteiger charge is 2.07. The smallest absolute Gasteiger partial charge is 0.0749 e. The SMILES string of the molecule is Clc1ccc(/C=N\Nc2c3ccccc3nc3ccccc23)cc1Cl. The van der Waals surface area contributed by atoms with E-state index in [1.54, 1.807) is 18.3 Å². The molecule has 0 unspecified atom stereocenters. The van der Waals surface area contributed by atoms with Crippen molar-refractivity contribution in [2.45, 2.75) is 0 Å². The van der Waals surface area contributed by atoms with Crippen LogP contribution in [0.3, 0.4) is 0 Å². The molecule has 1 aromatic heterocycles. The van der Waals surface area contributed by atoms with Crippen LogP contribution in [0.25, 0.3) is 21.8 Å². The summed E-state index contributed by atoms with van der Waals surface area (Å²) in [6.45, 7) is 0. The molecule has 0 fully saturated rings. The molecule has 3 aromatic carbocycles. The van der Waals surface area contributed by atoms with E-state index in [-0.39, 0.29) is 0 Å². The lowest BCUT2D eigenvalue weighted by molar-refractivity contribution is 1.36. The Morgan fingerprint density at radius 2 is 1.44 bits per heavy atom. The minimum absolute atomic E-state index is 0.505. The second kappa shape index (κ2) is 6.71. The third kappa shape index (κ3) is 3.16. The number of fused-ring (bicyclic) bond motifs is 2.